The van der Waals surface area contributed by atoms with Crippen LogP contribution in [0.4, 0.5) is 5.69 Å². The smallest absolute Gasteiger partial charge is 0.266 e. The molecule has 0 atom stereocenters. The highest BCUT2D eigenvalue weighted by Crippen LogP contribution is 2.34. The fourth-order valence-corrected chi connectivity index (χ4v) is 4.12. The van der Waals surface area contributed by atoms with Crippen LogP contribution in [0.3, 0.4) is 0 Å². The van der Waals surface area contributed by atoms with Crippen molar-refractivity contribution in [2.45, 2.75) is 6.42 Å². The summed E-state index contributed by atoms with van der Waals surface area (Å²) in [6, 6.07) is 6.38. The molecule has 1 fully saturated rings. The van der Waals surface area contributed by atoms with Gasteiger partial charge in [0.25, 0.3) is 5.91 Å². The maximum absolute atomic E-state index is 12.5. The van der Waals surface area contributed by atoms with E-state index in [1.807, 2.05) is 0 Å². The van der Waals surface area contributed by atoms with Gasteiger partial charge in [0.1, 0.15) is 10.1 Å². The number of amides is 2. The molecule has 5 nitrogen and oxygen atoms in total. The van der Waals surface area contributed by atoms with Gasteiger partial charge in [0.2, 0.25) is 5.91 Å². The number of nitrogens with one attached hydrogen (secondary N) is 1. The van der Waals surface area contributed by atoms with E-state index in [-0.39, 0.29) is 34.8 Å². The standard InChI is InChI=1S/C17H11Cl3N2O3S2/c18-10-7-12(20)13(8-11(10)19)21-15(23)3-4-22-16(24)14(27-17(22)26)6-9-2-1-5-25-9/h1-2,5-8H,3-4H2,(H,21,23)/b14-6+. The summed E-state index contributed by atoms with van der Waals surface area (Å²) >= 11 is 24.2. The van der Waals surface area contributed by atoms with Gasteiger partial charge in [-0.1, -0.05) is 58.8 Å². The van der Waals surface area contributed by atoms with Crippen molar-refractivity contribution in [2.24, 2.45) is 0 Å². The number of furan rings is 1. The van der Waals surface area contributed by atoms with E-state index in [9.17, 15) is 9.59 Å². The second-order valence-corrected chi connectivity index (χ2v) is 8.29. The SMILES string of the molecule is O=C(CCN1C(=O)/C(=C\c2ccco2)SC1=S)Nc1cc(Cl)c(Cl)cc1Cl. The van der Waals surface area contributed by atoms with Gasteiger partial charge < -0.3 is 9.73 Å². The molecule has 27 heavy (non-hydrogen) atoms. The Balaban J connectivity index is 1.61. The molecule has 1 aromatic carbocycles. The Morgan fingerprint density at radius 3 is 2.70 bits per heavy atom. The number of anilines is 1. The van der Waals surface area contributed by atoms with Crippen LogP contribution in [0, 0.1) is 0 Å². The molecule has 2 heterocycles. The predicted octanol–water partition coefficient (Wildman–Crippen LogP) is 5.47. The highest BCUT2D eigenvalue weighted by molar-refractivity contribution is 8.26. The molecule has 0 saturated carbocycles. The highest BCUT2D eigenvalue weighted by atomic mass is 35.5. The maximum Gasteiger partial charge on any atom is 0.266 e. The van der Waals surface area contributed by atoms with Crippen LogP contribution >= 0.6 is 58.8 Å². The van der Waals surface area contributed by atoms with Gasteiger partial charge in [0, 0.05) is 19.0 Å². The Morgan fingerprint density at radius 1 is 1.26 bits per heavy atom. The quantitative estimate of drug-likeness (QED) is 0.363. The van der Waals surface area contributed by atoms with Gasteiger partial charge in [-0.15, -0.1) is 0 Å². The largest absolute Gasteiger partial charge is 0.465 e. The summed E-state index contributed by atoms with van der Waals surface area (Å²) in [6.07, 6.45) is 3.18. The Labute approximate surface area is 179 Å². The topological polar surface area (TPSA) is 62.6 Å². The molecule has 1 N–H and O–H groups in total. The number of nitrogens with zero attached hydrogens (tertiary/aromatic N) is 1. The zero-order valence-corrected chi connectivity index (χ0v) is 17.4. The molecule has 140 valence electrons. The van der Waals surface area contributed by atoms with E-state index in [1.165, 1.54) is 35.1 Å². The van der Waals surface area contributed by atoms with E-state index >= 15 is 0 Å². The predicted molar refractivity (Wildman–Crippen MR) is 113 cm³/mol. The third-order valence-corrected chi connectivity index (χ3v) is 5.95. The Morgan fingerprint density at radius 2 is 2.00 bits per heavy atom. The zero-order valence-electron chi connectivity index (χ0n) is 13.5. The number of benzene rings is 1. The van der Waals surface area contributed by atoms with E-state index in [0.717, 1.165) is 0 Å². The molecule has 0 bridgehead atoms. The summed E-state index contributed by atoms with van der Waals surface area (Å²) in [4.78, 5) is 26.5. The molecule has 2 amide bonds. The minimum Gasteiger partial charge on any atom is -0.465 e. The molecule has 1 saturated heterocycles. The van der Waals surface area contributed by atoms with Gasteiger partial charge in [-0.05, 0) is 24.3 Å². The number of carbonyl (C=O) groups is 2. The number of hydrogen-bond donors (Lipinski definition) is 1. The summed E-state index contributed by atoms with van der Waals surface area (Å²) in [7, 11) is 0. The molecular formula is C17H11Cl3N2O3S2. The van der Waals surface area contributed by atoms with Crippen LogP contribution in [-0.4, -0.2) is 27.6 Å². The third kappa shape index (κ3) is 4.86. The zero-order chi connectivity index (χ0) is 19.6. The fourth-order valence-electron chi connectivity index (χ4n) is 2.24. The first-order chi connectivity index (χ1) is 12.8. The van der Waals surface area contributed by atoms with Gasteiger partial charge >= 0.3 is 0 Å². The minimum atomic E-state index is -0.334. The first-order valence-corrected chi connectivity index (χ1v) is 9.94. The molecule has 0 spiro atoms. The van der Waals surface area contributed by atoms with Crippen molar-refractivity contribution in [3.05, 3.63) is 56.3 Å². The second kappa shape index (κ2) is 8.67. The molecule has 10 heteroatoms. The normalized spacial score (nSPS) is 15.7. The molecule has 1 aromatic heterocycles. The van der Waals surface area contributed by atoms with Crippen LogP contribution in [0.15, 0.2) is 39.9 Å². The summed E-state index contributed by atoms with van der Waals surface area (Å²) in [5.74, 6) is -0.0383. The molecule has 0 aliphatic carbocycles. The van der Waals surface area contributed by atoms with E-state index in [1.54, 1.807) is 18.2 Å². The van der Waals surface area contributed by atoms with Gasteiger partial charge in [0.05, 0.1) is 31.9 Å². The average molecular weight is 462 g/mol. The van der Waals surface area contributed by atoms with Crippen LogP contribution in [0.5, 0.6) is 0 Å². The number of carbonyl (C=O) groups excluding carboxylic acids is 2. The summed E-state index contributed by atoms with van der Waals surface area (Å²) in [5.41, 5.74) is 0.346. The van der Waals surface area contributed by atoms with E-state index in [2.05, 4.69) is 5.32 Å². The number of rotatable bonds is 5. The Hall–Kier alpha value is -1.51. The lowest BCUT2D eigenvalue weighted by atomic mass is 10.3. The van der Waals surface area contributed by atoms with Gasteiger partial charge in [0.15, 0.2) is 0 Å². The van der Waals surface area contributed by atoms with E-state index < -0.39 is 0 Å². The van der Waals surface area contributed by atoms with Crippen molar-refractivity contribution in [3.63, 3.8) is 0 Å². The molecule has 1 aliphatic rings. The van der Waals surface area contributed by atoms with Gasteiger partial charge in [-0.2, -0.15) is 0 Å². The fraction of sp³-hybridized carbons (Fsp3) is 0.118. The van der Waals surface area contributed by atoms with Crippen molar-refractivity contribution in [2.75, 3.05) is 11.9 Å². The van der Waals surface area contributed by atoms with E-state index in [4.69, 9.17) is 51.4 Å². The summed E-state index contributed by atoms with van der Waals surface area (Å²) in [6.45, 7) is 0.144. The maximum atomic E-state index is 12.5. The van der Waals surface area contributed by atoms with Crippen molar-refractivity contribution < 1.29 is 14.0 Å². The van der Waals surface area contributed by atoms with E-state index in [0.29, 0.717) is 25.7 Å². The second-order valence-electron chi connectivity index (χ2n) is 5.39. The third-order valence-electron chi connectivity index (χ3n) is 3.54. The molecule has 1 aliphatic heterocycles. The Kier molecular flexibility index (Phi) is 6.49. The molecule has 2 aromatic rings. The molecule has 0 radical (unpaired) electrons. The van der Waals surface area contributed by atoms with Gasteiger partial charge in [-0.3, -0.25) is 14.5 Å². The highest BCUT2D eigenvalue weighted by Gasteiger charge is 2.32. The lowest BCUT2D eigenvalue weighted by Crippen LogP contribution is -2.31. The lowest BCUT2D eigenvalue weighted by Gasteiger charge is -2.14. The molecular weight excluding hydrogens is 451 g/mol. The Bertz CT molecular complexity index is 945. The number of thioether (sulfide) groups is 1. The minimum absolute atomic E-state index is 0.0387. The summed E-state index contributed by atoms with van der Waals surface area (Å²) < 4.78 is 5.59. The van der Waals surface area contributed by atoms with Crippen molar-refractivity contribution in [1.29, 1.82) is 0 Å². The van der Waals surface area contributed by atoms with Crippen LogP contribution in [0.2, 0.25) is 15.1 Å². The number of halogens is 3. The van der Waals surface area contributed by atoms with Crippen LogP contribution in [0.25, 0.3) is 6.08 Å². The lowest BCUT2D eigenvalue weighted by molar-refractivity contribution is -0.122. The van der Waals surface area contributed by atoms with Crippen molar-refractivity contribution in [3.8, 4) is 0 Å². The average Bonchev–Trinajstić information content (AvgIpc) is 3.20. The molecule has 0 unspecified atom stereocenters. The first kappa shape index (κ1) is 20.2. The summed E-state index contributed by atoms with van der Waals surface area (Å²) in [5, 5.41) is 3.48. The van der Waals surface area contributed by atoms with Gasteiger partial charge in [-0.25, -0.2) is 0 Å². The monoisotopic (exact) mass is 460 g/mol. The van der Waals surface area contributed by atoms with Crippen molar-refractivity contribution >= 4 is 86.7 Å². The van der Waals surface area contributed by atoms with Crippen LogP contribution < -0.4 is 5.32 Å². The number of hydrogen-bond acceptors (Lipinski definition) is 5. The van der Waals surface area contributed by atoms with Crippen molar-refractivity contribution in [1.82, 2.24) is 4.90 Å². The molecule has 3 rings (SSSR count). The number of thiocarbonyl (C=S) groups is 1. The van der Waals surface area contributed by atoms with Crippen LogP contribution in [0.1, 0.15) is 12.2 Å². The van der Waals surface area contributed by atoms with Crippen LogP contribution in [-0.2, 0) is 9.59 Å². The first-order valence-electron chi connectivity index (χ1n) is 7.58.